The molecule has 0 spiro atoms. The first-order valence-corrected chi connectivity index (χ1v) is 10.4. The molecule has 2 aromatic heterocycles. The quantitative estimate of drug-likeness (QED) is 0.642. The van der Waals surface area contributed by atoms with Gasteiger partial charge in [0.05, 0.1) is 10.2 Å². The fourth-order valence-electron chi connectivity index (χ4n) is 3.98. The van der Waals surface area contributed by atoms with E-state index in [1.54, 1.807) is 29.6 Å². The average Bonchev–Trinajstić information content (AvgIpc) is 3.05. The first kappa shape index (κ1) is 17.6. The van der Waals surface area contributed by atoms with Gasteiger partial charge in [-0.25, -0.2) is 4.98 Å². The van der Waals surface area contributed by atoms with E-state index in [0.717, 1.165) is 27.5 Å². The maximum absolute atomic E-state index is 11.8. The predicted molar refractivity (Wildman–Crippen MR) is 111 cm³/mol. The number of thiophene rings is 1. The molecule has 4 rings (SSSR count). The van der Waals surface area contributed by atoms with Crippen molar-refractivity contribution in [1.29, 1.82) is 0 Å². The van der Waals surface area contributed by atoms with E-state index in [1.165, 1.54) is 15.1 Å². The van der Waals surface area contributed by atoms with Crippen LogP contribution < -0.4 is 10.6 Å². The third-order valence-electron chi connectivity index (χ3n) is 4.64. The zero-order chi connectivity index (χ0) is 18.7. The van der Waals surface area contributed by atoms with Gasteiger partial charge in [-0.1, -0.05) is 12.1 Å². The SMILES string of the molecule is CC(=O)Nc1sc2c(c1-c1nc3ccccc3s1)CC(C)(C)NC2(C)C. The van der Waals surface area contributed by atoms with Crippen molar-refractivity contribution in [1.82, 2.24) is 10.3 Å². The van der Waals surface area contributed by atoms with Crippen LogP contribution in [0, 0.1) is 0 Å². The Kier molecular flexibility index (Phi) is 3.99. The van der Waals surface area contributed by atoms with Crippen molar-refractivity contribution in [3.05, 3.63) is 34.7 Å². The van der Waals surface area contributed by atoms with E-state index in [2.05, 4.69) is 44.4 Å². The Morgan fingerprint density at radius 2 is 1.92 bits per heavy atom. The Balaban J connectivity index is 1.98. The second kappa shape index (κ2) is 5.87. The lowest BCUT2D eigenvalue weighted by Gasteiger charge is -2.42. The summed E-state index contributed by atoms with van der Waals surface area (Å²) in [6.45, 7) is 10.4. The lowest BCUT2D eigenvalue weighted by atomic mass is 9.81. The molecule has 6 heteroatoms. The van der Waals surface area contributed by atoms with Crippen molar-refractivity contribution in [3.63, 3.8) is 0 Å². The molecule has 136 valence electrons. The Hall–Kier alpha value is -1.76. The van der Waals surface area contributed by atoms with E-state index >= 15 is 0 Å². The first-order valence-electron chi connectivity index (χ1n) is 8.75. The van der Waals surface area contributed by atoms with E-state index in [1.807, 2.05) is 18.2 Å². The molecule has 26 heavy (non-hydrogen) atoms. The topological polar surface area (TPSA) is 54.0 Å². The van der Waals surface area contributed by atoms with Crippen LogP contribution >= 0.6 is 22.7 Å². The van der Waals surface area contributed by atoms with Crippen LogP contribution in [0.3, 0.4) is 0 Å². The highest BCUT2D eigenvalue weighted by molar-refractivity contribution is 7.23. The smallest absolute Gasteiger partial charge is 0.221 e. The average molecular weight is 386 g/mol. The second-order valence-corrected chi connectivity index (χ2v) is 10.1. The number of carbonyl (C=O) groups excluding carboxylic acids is 1. The fraction of sp³-hybridized carbons (Fsp3) is 0.400. The van der Waals surface area contributed by atoms with Gasteiger partial charge in [-0.15, -0.1) is 22.7 Å². The number of benzene rings is 1. The summed E-state index contributed by atoms with van der Waals surface area (Å²) >= 11 is 3.37. The zero-order valence-electron chi connectivity index (χ0n) is 15.7. The zero-order valence-corrected chi connectivity index (χ0v) is 17.3. The Morgan fingerprint density at radius 1 is 1.19 bits per heavy atom. The number of hydrogen-bond acceptors (Lipinski definition) is 5. The molecule has 1 aromatic carbocycles. The fourth-order valence-corrected chi connectivity index (χ4v) is 6.41. The number of amides is 1. The number of anilines is 1. The summed E-state index contributed by atoms with van der Waals surface area (Å²) in [5.41, 5.74) is 3.25. The lowest BCUT2D eigenvalue weighted by Crippen LogP contribution is -2.54. The number of nitrogens with zero attached hydrogens (tertiary/aromatic N) is 1. The van der Waals surface area contributed by atoms with Crippen molar-refractivity contribution < 1.29 is 4.79 Å². The Labute approximate surface area is 161 Å². The molecule has 0 saturated carbocycles. The molecule has 1 aliphatic heterocycles. The van der Waals surface area contributed by atoms with E-state index in [0.29, 0.717) is 0 Å². The molecule has 3 heterocycles. The van der Waals surface area contributed by atoms with Crippen LogP contribution in [0.5, 0.6) is 0 Å². The van der Waals surface area contributed by atoms with Gasteiger partial charge in [0.25, 0.3) is 0 Å². The van der Waals surface area contributed by atoms with E-state index in [4.69, 9.17) is 4.98 Å². The van der Waals surface area contributed by atoms with Crippen LogP contribution in [0.2, 0.25) is 0 Å². The van der Waals surface area contributed by atoms with Gasteiger partial charge in [0, 0.05) is 28.4 Å². The molecule has 0 aliphatic carbocycles. The third kappa shape index (κ3) is 2.96. The number of aromatic nitrogens is 1. The van der Waals surface area contributed by atoms with Gasteiger partial charge < -0.3 is 10.6 Å². The number of rotatable bonds is 2. The molecule has 0 atom stereocenters. The van der Waals surface area contributed by atoms with Gasteiger partial charge in [-0.2, -0.15) is 0 Å². The summed E-state index contributed by atoms with van der Waals surface area (Å²) in [4.78, 5) is 18.0. The van der Waals surface area contributed by atoms with Crippen LogP contribution in [-0.2, 0) is 16.8 Å². The van der Waals surface area contributed by atoms with Gasteiger partial charge in [0.1, 0.15) is 10.0 Å². The normalized spacial score (nSPS) is 17.9. The highest BCUT2D eigenvalue weighted by Crippen LogP contribution is 2.50. The monoisotopic (exact) mass is 385 g/mol. The maximum atomic E-state index is 11.8. The number of para-hydroxylation sites is 1. The Bertz CT molecular complexity index is 980. The highest BCUT2D eigenvalue weighted by atomic mass is 32.1. The van der Waals surface area contributed by atoms with Crippen molar-refractivity contribution in [2.75, 3.05) is 5.32 Å². The summed E-state index contributed by atoms with van der Waals surface area (Å²) in [6, 6.07) is 8.20. The molecule has 2 N–H and O–H groups in total. The van der Waals surface area contributed by atoms with Crippen molar-refractivity contribution in [2.45, 2.75) is 52.1 Å². The molecule has 0 unspecified atom stereocenters. The van der Waals surface area contributed by atoms with Gasteiger partial charge in [-0.05, 0) is 51.8 Å². The van der Waals surface area contributed by atoms with Crippen molar-refractivity contribution >= 4 is 43.8 Å². The van der Waals surface area contributed by atoms with E-state index < -0.39 is 0 Å². The minimum absolute atomic E-state index is 0.0174. The Morgan fingerprint density at radius 3 is 2.62 bits per heavy atom. The summed E-state index contributed by atoms with van der Waals surface area (Å²) in [7, 11) is 0. The predicted octanol–water partition coefficient (Wildman–Crippen LogP) is 5.14. The number of hydrogen-bond donors (Lipinski definition) is 2. The van der Waals surface area contributed by atoms with Gasteiger partial charge in [0.15, 0.2) is 0 Å². The molecule has 1 aliphatic rings. The molecular weight excluding hydrogens is 362 g/mol. The van der Waals surface area contributed by atoms with E-state index in [-0.39, 0.29) is 17.0 Å². The van der Waals surface area contributed by atoms with Gasteiger partial charge in [0.2, 0.25) is 5.91 Å². The number of nitrogens with one attached hydrogen (secondary N) is 2. The van der Waals surface area contributed by atoms with E-state index in [9.17, 15) is 4.79 Å². The molecule has 0 saturated heterocycles. The molecular formula is C20H23N3OS2. The minimum atomic E-state index is -0.149. The third-order valence-corrected chi connectivity index (χ3v) is 7.17. The molecule has 0 bridgehead atoms. The molecule has 4 nitrogen and oxygen atoms in total. The van der Waals surface area contributed by atoms with Crippen LogP contribution in [0.4, 0.5) is 5.00 Å². The van der Waals surface area contributed by atoms with Crippen LogP contribution in [0.15, 0.2) is 24.3 Å². The number of thiazole rings is 1. The van der Waals surface area contributed by atoms with Gasteiger partial charge in [-0.3, -0.25) is 4.79 Å². The largest absolute Gasteiger partial charge is 0.317 e. The number of carbonyl (C=O) groups is 1. The lowest BCUT2D eigenvalue weighted by molar-refractivity contribution is -0.114. The minimum Gasteiger partial charge on any atom is -0.317 e. The summed E-state index contributed by atoms with van der Waals surface area (Å²) in [5, 5.41) is 8.70. The summed E-state index contributed by atoms with van der Waals surface area (Å²) < 4.78 is 1.17. The number of fused-ring (bicyclic) bond motifs is 2. The molecule has 0 fully saturated rings. The summed E-state index contributed by atoms with van der Waals surface area (Å²) in [5.74, 6) is -0.0454. The van der Waals surface area contributed by atoms with Crippen LogP contribution in [0.1, 0.15) is 45.1 Å². The molecule has 3 aromatic rings. The molecule has 0 radical (unpaired) electrons. The first-order chi connectivity index (χ1) is 12.2. The highest BCUT2D eigenvalue weighted by Gasteiger charge is 2.41. The molecule has 1 amide bonds. The maximum Gasteiger partial charge on any atom is 0.221 e. The van der Waals surface area contributed by atoms with Crippen molar-refractivity contribution in [2.24, 2.45) is 0 Å². The second-order valence-electron chi connectivity index (χ2n) is 8.09. The van der Waals surface area contributed by atoms with Crippen LogP contribution in [0.25, 0.3) is 20.8 Å². The standard InChI is InChI=1S/C20H23N3OS2/c1-11(24)21-17-15(18-22-13-8-6-7-9-14(13)25-18)12-10-19(2,3)23-20(4,5)16(12)26-17/h6-9,23H,10H2,1-5H3,(H,21,24). The van der Waals surface area contributed by atoms with Crippen molar-refractivity contribution in [3.8, 4) is 10.6 Å². The van der Waals surface area contributed by atoms with Crippen LogP contribution in [-0.4, -0.2) is 16.4 Å². The van der Waals surface area contributed by atoms with Gasteiger partial charge >= 0.3 is 0 Å². The summed E-state index contributed by atoms with van der Waals surface area (Å²) in [6.07, 6.45) is 0.910.